The van der Waals surface area contributed by atoms with E-state index in [-0.39, 0.29) is 38.8 Å². The molecule has 11 heteroatoms. The molecule has 0 unspecified atom stereocenters. The summed E-state index contributed by atoms with van der Waals surface area (Å²) in [6.07, 6.45) is 1.29. The summed E-state index contributed by atoms with van der Waals surface area (Å²) in [4.78, 5) is 34.4. The van der Waals surface area contributed by atoms with Gasteiger partial charge in [-0.2, -0.15) is 0 Å². The molecule has 0 bridgehead atoms. The Morgan fingerprint density at radius 3 is 2.31 bits per heavy atom. The maximum atomic E-state index is 12.1. The average molecular weight is 452 g/mol. The zero-order valence-corrected chi connectivity index (χ0v) is 16.7. The van der Waals surface area contributed by atoms with Crippen LogP contribution in [0.2, 0.25) is 10.0 Å². The fourth-order valence-corrected chi connectivity index (χ4v) is 3.22. The van der Waals surface area contributed by atoms with Crippen LogP contribution in [-0.2, 0) is 16.2 Å². The molecule has 148 valence electrons. The molecule has 0 radical (unpaired) electrons. The molecule has 0 aromatic heterocycles. The van der Waals surface area contributed by atoms with Crippen molar-refractivity contribution in [2.45, 2.75) is 6.61 Å². The molecule has 1 saturated heterocycles. The highest BCUT2D eigenvalue weighted by molar-refractivity contribution is 7.80. The standard InChI is InChI=1S/C18H11Cl2N3O5S/c19-11-5-10(6-13-16(24)21-18(29)22-17(13)25)15(14(20)7-11)28-8-9-1-3-12(4-2-9)23(26)27/h1-7H,8H2,(H2,21,22,24,25,29). The van der Waals surface area contributed by atoms with Crippen molar-refractivity contribution in [1.29, 1.82) is 0 Å². The first-order valence-electron chi connectivity index (χ1n) is 7.98. The Kier molecular flexibility index (Phi) is 6.12. The summed E-state index contributed by atoms with van der Waals surface area (Å²) in [6, 6.07) is 8.73. The summed E-state index contributed by atoms with van der Waals surface area (Å²) in [5, 5.41) is 15.8. The van der Waals surface area contributed by atoms with E-state index in [1.54, 1.807) is 12.1 Å². The second-order valence-corrected chi connectivity index (χ2v) is 7.07. The van der Waals surface area contributed by atoms with Crippen molar-refractivity contribution >= 4 is 64.1 Å². The molecule has 0 spiro atoms. The number of ether oxygens (including phenoxy) is 1. The van der Waals surface area contributed by atoms with Crippen molar-refractivity contribution in [3.63, 3.8) is 0 Å². The average Bonchev–Trinajstić information content (AvgIpc) is 2.64. The van der Waals surface area contributed by atoms with Crippen LogP contribution in [0.5, 0.6) is 5.75 Å². The number of non-ortho nitro benzene ring substituents is 1. The summed E-state index contributed by atoms with van der Waals surface area (Å²) < 4.78 is 5.75. The second kappa shape index (κ2) is 8.56. The number of hydrogen-bond acceptors (Lipinski definition) is 6. The van der Waals surface area contributed by atoms with Gasteiger partial charge in [-0.25, -0.2) is 0 Å². The Hall–Kier alpha value is -3.01. The molecular weight excluding hydrogens is 441 g/mol. The highest BCUT2D eigenvalue weighted by atomic mass is 35.5. The van der Waals surface area contributed by atoms with Gasteiger partial charge in [0.05, 0.1) is 9.95 Å². The molecule has 2 N–H and O–H groups in total. The fraction of sp³-hybridized carbons (Fsp3) is 0.0556. The largest absolute Gasteiger partial charge is 0.487 e. The van der Waals surface area contributed by atoms with Gasteiger partial charge in [0, 0.05) is 22.7 Å². The van der Waals surface area contributed by atoms with E-state index in [1.165, 1.54) is 30.3 Å². The van der Waals surface area contributed by atoms with Gasteiger partial charge in [-0.1, -0.05) is 23.2 Å². The van der Waals surface area contributed by atoms with Crippen molar-refractivity contribution in [2.24, 2.45) is 0 Å². The summed E-state index contributed by atoms with van der Waals surface area (Å²) in [5.74, 6) is -1.15. The first kappa shape index (κ1) is 20.7. The Morgan fingerprint density at radius 2 is 1.72 bits per heavy atom. The quantitative estimate of drug-likeness (QED) is 0.237. The summed E-state index contributed by atoms with van der Waals surface area (Å²) in [6.45, 7) is 0.0397. The molecule has 0 saturated carbocycles. The molecule has 2 aromatic carbocycles. The first-order valence-corrected chi connectivity index (χ1v) is 9.14. The van der Waals surface area contributed by atoms with E-state index in [1.807, 2.05) is 0 Å². The molecule has 0 aliphatic carbocycles. The molecular formula is C18H11Cl2N3O5S. The molecule has 1 fully saturated rings. The van der Waals surface area contributed by atoms with Crippen LogP contribution >= 0.6 is 35.4 Å². The van der Waals surface area contributed by atoms with E-state index in [4.69, 9.17) is 40.2 Å². The van der Waals surface area contributed by atoms with Gasteiger partial charge in [-0.05, 0) is 48.1 Å². The third kappa shape index (κ3) is 4.89. The van der Waals surface area contributed by atoms with Gasteiger partial charge in [0.15, 0.2) is 5.11 Å². The Bertz CT molecular complexity index is 1050. The third-order valence-electron chi connectivity index (χ3n) is 3.81. The lowest BCUT2D eigenvalue weighted by Crippen LogP contribution is -2.51. The number of nitrogens with zero attached hydrogens (tertiary/aromatic N) is 1. The van der Waals surface area contributed by atoms with Crippen molar-refractivity contribution in [2.75, 3.05) is 0 Å². The van der Waals surface area contributed by atoms with E-state index in [0.29, 0.717) is 11.1 Å². The smallest absolute Gasteiger partial charge is 0.269 e. The number of hydrogen-bond donors (Lipinski definition) is 2. The minimum Gasteiger partial charge on any atom is -0.487 e. The van der Waals surface area contributed by atoms with E-state index in [2.05, 4.69) is 10.6 Å². The monoisotopic (exact) mass is 451 g/mol. The van der Waals surface area contributed by atoms with Crippen LogP contribution in [0.3, 0.4) is 0 Å². The first-order chi connectivity index (χ1) is 13.7. The molecule has 8 nitrogen and oxygen atoms in total. The minimum atomic E-state index is -0.670. The van der Waals surface area contributed by atoms with Crippen LogP contribution in [0.15, 0.2) is 42.0 Å². The van der Waals surface area contributed by atoms with Gasteiger partial charge in [0.1, 0.15) is 17.9 Å². The van der Waals surface area contributed by atoms with Crippen molar-refractivity contribution < 1.29 is 19.2 Å². The van der Waals surface area contributed by atoms with Gasteiger partial charge < -0.3 is 4.74 Å². The number of nitro benzene ring substituents is 1. The molecule has 29 heavy (non-hydrogen) atoms. The molecule has 3 rings (SSSR count). The summed E-state index contributed by atoms with van der Waals surface area (Å²) >= 11 is 17.0. The number of thiocarbonyl (C=S) groups is 1. The molecule has 0 atom stereocenters. The van der Waals surface area contributed by atoms with Gasteiger partial charge in [-0.3, -0.25) is 30.3 Å². The van der Waals surface area contributed by atoms with E-state index in [9.17, 15) is 19.7 Å². The lowest BCUT2D eigenvalue weighted by atomic mass is 10.1. The number of amides is 2. The Balaban J connectivity index is 1.90. The maximum absolute atomic E-state index is 12.1. The maximum Gasteiger partial charge on any atom is 0.269 e. The highest BCUT2D eigenvalue weighted by Crippen LogP contribution is 2.34. The predicted octanol–water partition coefficient (Wildman–Crippen LogP) is 3.39. The van der Waals surface area contributed by atoms with Crippen LogP contribution in [0, 0.1) is 10.1 Å². The topological polar surface area (TPSA) is 111 Å². The lowest BCUT2D eigenvalue weighted by molar-refractivity contribution is -0.384. The number of nitro groups is 1. The summed E-state index contributed by atoms with van der Waals surface area (Å²) in [7, 11) is 0. The molecule has 1 aliphatic heterocycles. The Morgan fingerprint density at radius 1 is 1.10 bits per heavy atom. The molecule has 2 amide bonds. The number of carbonyl (C=O) groups is 2. The van der Waals surface area contributed by atoms with E-state index < -0.39 is 16.7 Å². The van der Waals surface area contributed by atoms with Crippen molar-refractivity contribution in [3.8, 4) is 5.75 Å². The van der Waals surface area contributed by atoms with Gasteiger partial charge in [0.2, 0.25) is 0 Å². The number of benzene rings is 2. The highest BCUT2D eigenvalue weighted by Gasteiger charge is 2.26. The zero-order valence-electron chi connectivity index (χ0n) is 14.4. The van der Waals surface area contributed by atoms with Crippen molar-refractivity contribution in [1.82, 2.24) is 10.6 Å². The second-order valence-electron chi connectivity index (χ2n) is 5.81. The van der Waals surface area contributed by atoms with Crippen LogP contribution in [0.4, 0.5) is 5.69 Å². The van der Waals surface area contributed by atoms with E-state index in [0.717, 1.165) is 0 Å². The Labute approximate surface area is 179 Å². The SMILES string of the molecule is O=C1NC(=S)NC(=O)C1=Cc1cc(Cl)cc(Cl)c1OCc1ccc([N+](=O)[O-])cc1. The zero-order chi connectivity index (χ0) is 21.1. The van der Waals surface area contributed by atoms with Crippen LogP contribution in [0.25, 0.3) is 6.08 Å². The number of rotatable bonds is 5. The van der Waals surface area contributed by atoms with Crippen LogP contribution in [0.1, 0.15) is 11.1 Å². The fourth-order valence-electron chi connectivity index (χ4n) is 2.47. The van der Waals surface area contributed by atoms with E-state index >= 15 is 0 Å². The minimum absolute atomic E-state index is 0.0397. The molecule has 2 aromatic rings. The third-order valence-corrected chi connectivity index (χ3v) is 4.51. The van der Waals surface area contributed by atoms with Gasteiger partial charge in [-0.15, -0.1) is 0 Å². The molecule has 1 heterocycles. The number of carbonyl (C=O) groups excluding carboxylic acids is 2. The lowest BCUT2D eigenvalue weighted by Gasteiger charge is -2.17. The number of nitrogens with one attached hydrogen (secondary N) is 2. The summed E-state index contributed by atoms with van der Waals surface area (Å²) in [5.41, 5.74) is 0.712. The van der Waals surface area contributed by atoms with Gasteiger partial charge in [0.25, 0.3) is 17.5 Å². The predicted molar refractivity (Wildman–Crippen MR) is 111 cm³/mol. The van der Waals surface area contributed by atoms with Crippen LogP contribution < -0.4 is 15.4 Å². The van der Waals surface area contributed by atoms with Gasteiger partial charge >= 0.3 is 0 Å². The van der Waals surface area contributed by atoms with Crippen LogP contribution in [-0.4, -0.2) is 21.9 Å². The normalized spacial score (nSPS) is 13.6. The molecule has 1 aliphatic rings. The van der Waals surface area contributed by atoms with Crippen molar-refractivity contribution in [3.05, 3.63) is 73.3 Å². The number of halogens is 2.